The monoisotopic (exact) mass is 359 g/mol. The van der Waals surface area contributed by atoms with Crippen LogP contribution in [-0.4, -0.2) is 48.8 Å². The van der Waals surface area contributed by atoms with Crippen molar-refractivity contribution < 1.29 is 15.0 Å². The van der Waals surface area contributed by atoms with Crippen LogP contribution in [0.1, 0.15) is 64.7 Å². The second-order valence-corrected chi connectivity index (χ2v) is 7.50. The SMILES string of the molecule is CC(C)(C)c1cc(CCC(=O)[O-])cc(C(C)(C)C)c1O.[Ca+2].[N-]=[N+]=[N-]. The number of nitrogens with zero attached hydrogens (tertiary/aromatic N) is 3. The summed E-state index contributed by atoms with van der Waals surface area (Å²) < 4.78 is 0. The van der Waals surface area contributed by atoms with Gasteiger partial charge in [-0.05, 0) is 40.4 Å². The number of rotatable bonds is 3. The number of phenolic OH excluding ortho intramolecular Hbond substituents is 1. The van der Waals surface area contributed by atoms with Gasteiger partial charge >= 0.3 is 37.7 Å². The van der Waals surface area contributed by atoms with Crippen molar-refractivity contribution in [2.45, 2.75) is 65.2 Å². The second kappa shape index (κ2) is 10.1. The van der Waals surface area contributed by atoms with Crippen molar-refractivity contribution in [2.24, 2.45) is 0 Å². The Morgan fingerprint density at radius 1 is 1.08 bits per heavy atom. The first kappa shape index (κ1) is 25.3. The minimum absolute atomic E-state index is 0. The van der Waals surface area contributed by atoms with E-state index >= 15 is 0 Å². The Hall–Kier alpha value is -0.940. The number of carboxylic acids is 1. The Bertz CT molecular complexity index is 561. The van der Waals surface area contributed by atoms with E-state index in [0.717, 1.165) is 16.7 Å². The molecule has 1 N–H and O–H groups in total. The van der Waals surface area contributed by atoms with E-state index in [-0.39, 0.29) is 55.0 Å². The Morgan fingerprint density at radius 2 is 1.42 bits per heavy atom. The summed E-state index contributed by atoms with van der Waals surface area (Å²) in [6.07, 6.45) is 0.423. The van der Waals surface area contributed by atoms with E-state index in [4.69, 9.17) is 11.1 Å². The van der Waals surface area contributed by atoms with Gasteiger partial charge in [0.15, 0.2) is 0 Å². The summed E-state index contributed by atoms with van der Waals surface area (Å²) in [4.78, 5) is 12.1. The fraction of sp³-hybridized carbons (Fsp3) is 0.588. The molecule has 7 heteroatoms. The van der Waals surface area contributed by atoms with Gasteiger partial charge in [0.05, 0.1) is 0 Å². The van der Waals surface area contributed by atoms with Crippen molar-refractivity contribution in [3.05, 3.63) is 44.8 Å². The topological polar surface area (TPSA) is 119 Å². The Labute approximate surface area is 173 Å². The standard InChI is InChI=1S/C17H26O3.Ca.N3/c1-16(2,3)12-9-11(7-8-14(18)19)10-13(15(12)20)17(4,5)6;;1-3-2/h9-10,20H,7-8H2,1-6H3,(H,18,19);;/q;+2;-1/p-1. The molecule has 0 heterocycles. The third kappa shape index (κ3) is 8.24. The van der Waals surface area contributed by atoms with Gasteiger partial charge in [0.25, 0.3) is 0 Å². The fourth-order valence-electron chi connectivity index (χ4n) is 2.23. The average Bonchev–Trinajstić information content (AvgIpc) is 2.35. The van der Waals surface area contributed by atoms with Gasteiger partial charge in [-0.2, -0.15) is 0 Å². The summed E-state index contributed by atoms with van der Waals surface area (Å²) in [7, 11) is 0. The molecule has 0 spiro atoms. The number of aliphatic carboxylic acids is 1. The van der Waals surface area contributed by atoms with Crippen LogP contribution in [0.25, 0.3) is 16.0 Å². The van der Waals surface area contributed by atoms with Gasteiger partial charge < -0.3 is 26.1 Å². The molecule has 0 radical (unpaired) electrons. The number of carboxylic acid groups (broad SMARTS) is 1. The Kier molecular flexibility index (Phi) is 10.7. The van der Waals surface area contributed by atoms with Crippen LogP contribution in [-0.2, 0) is 22.0 Å². The van der Waals surface area contributed by atoms with Crippen LogP contribution in [0.15, 0.2) is 12.1 Å². The minimum Gasteiger partial charge on any atom is -0.550 e. The number of benzene rings is 1. The van der Waals surface area contributed by atoms with Crippen LogP contribution >= 0.6 is 0 Å². The second-order valence-electron chi connectivity index (χ2n) is 7.50. The first-order valence-electron chi connectivity index (χ1n) is 7.39. The molecule has 0 aliphatic carbocycles. The maximum atomic E-state index is 10.6. The van der Waals surface area contributed by atoms with Crippen molar-refractivity contribution in [1.29, 1.82) is 0 Å². The molecule has 0 saturated carbocycles. The molecule has 0 aliphatic rings. The van der Waals surface area contributed by atoms with Crippen LogP contribution in [0.4, 0.5) is 0 Å². The van der Waals surface area contributed by atoms with Gasteiger partial charge in [0.2, 0.25) is 0 Å². The van der Waals surface area contributed by atoms with Crippen molar-refractivity contribution in [3.8, 4) is 5.75 Å². The largest absolute Gasteiger partial charge is 2.00 e. The van der Waals surface area contributed by atoms with Gasteiger partial charge in [-0.25, -0.2) is 0 Å². The number of carbonyl (C=O) groups is 1. The summed E-state index contributed by atoms with van der Waals surface area (Å²) in [5.74, 6) is -0.727. The molecule has 0 aromatic heterocycles. The third-order valence-electron chi connectivity index (χ3n) is 3.40. The molecule has 1 rings (SSSR count). The van der Waals surface area contributed by atoms with E-state index in [1.54, 1.807) is 0 Å². The van der Waals surface area contributed by atoms with Crippen molar-refractivity contribution >= 4 is 43.7 Å². The van der Waals surface area contributed by atoms with Gasteiger partial charge in [0, 0.05) is 5.97 Å². The summed E-state index contributed by atoms with van der Waals surface area (Å²) in [6.45, 7) is 12.2. The average molecular weight is 359 g/mol. The number of aromatic hydroxyl groups is 1. The molecule has 6 nitrogen and oxygen atoms in total. The molecule has 0 unspecified atom stereocenters. The Morgan fingerprint density at radius 3 is 1.67 bits per heavy atom. The number of aryl methyl sites for hydroxylation is 1. The van der Waals surface area contributed by atoms with E-state index in [1.165, 1.54) is 4.91 Å². The molecule has 0 aliphatic heterocycles. The zero-order chi connectivity index (χ0) is 18.4. The Balaban J connectivity index is 0. The zero-order valence-electron chi connectivity index (χ0n) is 15.4. The zero-order valence-corrected chi connectivity index (χ0v) is 17.6. The van der Waals surface area contributed by atoms with Gasteiger partial charge in [0.1, 0.15) is 5.75 Å². The van der Waals surface area contributed by atoms with Gasteiger partial charge in [-0.3, -0.25) is 4.91 Å². The number of carbonyl (C=O) groups excluding carboxylic acids is 1. The fourth-order valence-corrected chi connectivity index (χ4v) is 2.23. The number of hydrogen-bond donors (Lipinski definition) is 1. The summed E-state index contributed by atoms with van der Waals surface area (Å²) >= 11 is 0. The summed E-state index contributed by atoms with van der Waals surface area (Å²) in [6, 6.07) is 3.82. The van der Waals surface area contributed by atoms with Crippen molar-refractivity contribution in [1.82, 2.24) is 0 Å². The van der Waals surface area contributed by atoms with Crippen LogP contribution in [0.3, 0.4) is 0 Å². The molecular weight excluding hydrogens is 334 g/mol. The molecule has 0 bridgehead atoms. The third-order valence-corrected chi connectivity index (χ3v) is 3.40. The summed E-state index contributed by atoms with van der Waals surface area (Å²) in [5, 5.41) is 21.2. The van der Waals surface area contributed by atoms with Crippen molar-refractivity contribution in [2.75, 3.05) is 0 Å². The van der Waals surface area contributed by atoms with Crippen LogP contribution in [0.2, 0.25) is 0 Å². The maximum absolute atomic E-state index is 10.6. The molecule has 0 atom stereocenters. The molecule has 0 amide bonds. The predicted molar refractivity (Wildman–Crippen MR) is 94.7 cm³/mol. The minimum atomic E-state index is -1.05. The van der Waals surface area contributed by atoms with E-state index in [1.807, 2.05) is 53.7 Å². The number of phenols is 1. The summed E-state index contributed by atoms with van der Waals surface area (Å²) in [5.41, 5.74) is 15.8. The van der Waals surface area contributed by atoms with Crippen LogP contribution in [0.5, 0.6) is 5.75 Å². The predicted octanol–water partition coefficient (Wildman–Crippen LogP) is 3.16. The van der Waals surface area contributed by atoms with Crippen LogP contribution < -0.4 is 5.11 Å². The van der Waals surface area contributed by atoms with E-state index in [0.29, 0.717) is 12.2 Å². The van der Waals surface area contributed by atoms with Gasteiger partial charge in [-0.15, -0.1) is 0 Å². The van der Waals surface area contributed by atoms with E-state index in [9.17, 15) is 15.0 Å². The normalized spacial score (nSPS) is 10.8. The molecule has 0 saturated heterocycles. The molecule has 128 valence electrons. The number of hydrogen-bond acceptors (Lipinski definition) is 3. The molecule has 24 heavy (non-hydrogen) atoms. The van der Waals surface area contributed by atoms with E-state index in [2.05, 4.69) is 0 Å². The van der Waals surface area contributed by atoms with Crippen LogP contribution in [0, 0.1) is 0 Å². The molecule has 1 aromatic rings. The first-order chi connectivity index (χ1) is 10.3. The maximum Gasteiger partial charge on any atom is 2.00 e. The quantitative estimate of drug-likeness (QED) is 0.386. The van der Waals surface area contributed by atoms with E-state index < -0.39 is 5.97 Å². The first-order valence-corrected chi connectivity index (χ1v) is 7.39. The molecular formula is C17H25CaN3O3. The smallest absolute Gasteiger partial charge is 0.550 e. The molecule has 0 fully saturated rings. The molecule has 1 aromatic carbocycles. The van der Waals surface area contributed by atoms with Gasteiger partial charge in [-0.1, -0.05) is 53.7 Å². The van der Waals surface area contributed by atoms with Crippen molar-refractivity contribution in [3.63, 3.8) is 0 Å².